The molecule has 0 atom stereocenters. The second-order valence-corrected chi connectivity index (χ2v) is 2.00. The number of rotatable bonds is 2. The highest BCUT2D eigenvalue weighted by atomic mass is 79.9. The maximum absolute atomic E-state index is 10.6. The molecule has 0 radical (unpaired) electrons. The van der Waals surface area contributed by atoms with E-state index >= 15 is 0 Å². The number of imide groups is 1. The van der Waals surface area contributed by atoms with Gasteiger partial charge in [0.15, 0.2) is 0 Å². The summed E-state index contributed by atoms with van der Waals surface area (Å²) in [4.78, 5) is 25.9. The van der Waals surface area contributed by atoms with E-state index in [9.17, 15) is 9.59 Å². The van der Waals surface area contributed by atoms with Crippen LogP contribution in [-0.4, -0.2) is 22.4 Å². The van der Waals surface area contributed by atoms with Crippen LogP contribution in [0.25, 0.3) is 0 Å². The quantitative estimate of drug-likeness (QED) is 0.478. The van der Waals surface area contributed by atoms with Crippen molar-refractivity contribution in [3.05, 3.63) is 12.2 Å². The zero-order valence-corrected chi connectivity index (χ0v) is 6.50. The second-order valence-electron chi connectivity index (χ2n) is 1.54. The summed E-state index contributed by atoms with van der Waals surface area (Å²) in [5.74, 6) is -0.881. The lowest BCUT2D eigenvalue weighted by Crippen LogP contribution is -2.29. The summed E-state index contributed by atoms with van der Waals surface area (Å²) >= 11 is 2.92. The van der Waals surface area contributed by atoms with Crippen LogP contribution in [0.3, 0.4) is 0 Å². The minimum atomic E-state index is -0.440. The molecule has 1 aliphatic heterocycles. The number of alkyl halides is 1. The first-order valence-electron chi connectivity index (χ1n) is 2.50. The Hall–Kier alpha value is -0.680. The maximum atomic E-state index is 10.6. The SMILES string of the molecule is O=C1C=CC(=O)N1OCBr. The van der Waals surface area contributed by atoms with E-state index in [1.807, 2.05) is 0 Å². The third-order valence-corrected chi connectivity index (χ3v) is 1.15. The van der Waals surface area contributed by atoms with E-state index in [1.165, 1.54) is 0 Å². The predicted octanol–water partition coefficient (Wildman–Crippen LogP) is 0.195. The molecule has 0 aliphatic carbocycles. The monoisotopic (exact) mass is 205 g/mol. The van der Waals surface area contributed by atoms with Gasteiger partial charge in [-0.05, 0) is 0 Å². The Morgan fingerprint density at radius 2 is 1.90 bits per heavy atom. The highest BCUT2D eigenvalue weighted by molar-refractivity contribution is 9.09. The van der Waals surface area contributed by atoms with Gasteiger partial charge in [0.05, 0.1) is 0 Å². The van der Waals surface area contributed by atoms with E-state index in [-0.39, 0.29) is 5.52 Å². The van der Waals surface area contributed by atoms with Gasteiger partial charge in [-0.1, -0.05) is 15.9 Å². The lowest BCUT2D eigenvalue weighted by atomic mass is 10.6. The fourth-order valence-electron chi connectivity index (χ4n) is 0.563. The first-order chi connectivity index (χ1) is 4.75. The molecule has 1 heterocycles. The number of hydrogen-bond donors (Lipinski definition) is 0. The van der Waals surface area contributed by atoms with Crippen molar-refractivity contribution in [1.29, 1.82) is 0 Å². The van der Waals surface area contributed by atoms with Crippen LogP contribution in [0.15, 0.2) is 12.2 Å². The molecule has 0 N–H and O–H groups in total. The third-order valence-electron chi connectivity index (χ3n) is 0.947. The molecule has 0 aromatic heterocycles. The molecule has 0 unspecified atom stereocenters. The lowest BCUT2D eigenvalue weighted by Gasteiger charge is -2.09. The first-order valence-corrected chi connectivity index (χ1v) is 3.63. The molecule has 4 nitrogen and oxygen atoms in total. The smallest absolute Gasteiger partial charge is 0.267 e. The molecular formula is C5H4BrNO3. The van der Waals surface area contributed by atoms with Crippen LogP contribution in [0, 0.1) is 0 Å². The topological polar surface area (TPSA) is 46.6 Å². The molecule has 54 valence electrons. The normalized spacial score (nSPS) is 17.1. The first kappa shape index (κ1) is 7.43. The fraction of sp³-hybridized carbons (Fsp3) is 0.200. The van der Waals surface area contributed by atoms with Crippen molar-refractivity contribution < 1.29 is 14.4 Å². The van der Waals surface area contributed by atoms with Crippen molar-refractivity contribution in [1.82, 2.24) is 5.06 Å². The minimum Gasteiger partial charge on any atom is -0.267 e. The third kappa shape index (κ3) is 1.25. The summed E-state index contributed by atoms with van der Waals surface area (Å²) < 4.78 is 0. The van der Waals surface area contributed by atoms with E-state index in [2.05, 4.69) is 20.8 Å². The van der Waals surface area contributed by atoms with Crippen LogP contribution in [-0.2, 0) is 14.4 Å². The van der Waals surface area contributed by atoms with Gasteiger partial charge in [0, 0.05) is 12.2 Å². The van der Waals surface area contributed by atoms with Crippen LogP contribution in [0.2, 0.25) is 0 Å². The summed E-state index contributed by atoms with van der Waals surface area (Å²) in [5, 5.41) is 0.689. The number of carbonyl (C=O) groups is 2. The second kappa shape index (κ2) is 2.94. The van der Waals surface area contributed by atoms with E-state index in [0.29, 0.717) is 5.06 Å². The molecule has 0 bridgehead atoms. The summed E-state index contributed by atoms with van der Waals surface area (Å²) in [6, 6.07) is 0. The Kier molecular flexibility index (Phi) is 2.18. The molecule has 0 aromatic rings. The van der Waals surface area contributed by atoms with Gasteiger partial charge in [0.2, 0.25) is 0 Å². The van der Waals surface area contributed by atoms with Crippen molar-refractivity contribution in [3.8, 4) is 0 Å². The lowest BCUT2D eigenvalue weighted by molar-refractivity contribution is -0.179. The Bertz CT molecular complexity index is 183. The highest BCUT2D eigenvalue weighted by Crippen LogP contribution is 2.04. The molecular weight excluding hydrogens is 202 g/mol. The van der Waals surface area contributed by atoms with Crippen molar-refractivity contribution in [2.75, 3.05) is 5.52 Å². The Labute approximate surface area is 65.5 Å². The largest absolute Gasteiger partial charge is 0.277 e. The van der Waals surface area contributed by atoms with Crippen molar-refractivity contribution in [2.24, 2.45) is 0 Å². The van der Waals surface area contributed by atoms with Gasteiger partial charge < -0.3 is 0 Å². The van der Waals surface area contributed by atoms with Crippen LogP contribution >= 0.6 is 15.9 Å². The summed E-state index contributed by atoms with van der Waals surface area (Å²) in [7, 11) is 0. The summed E-state index contributed by atoms with van der Waals surface area (Å²) in [6.45, 7) is 0. The molecule has 1 aliphatic rings. The number of nitrogens with zero attached hydrogens (tertiary/aromatic N) is 1. The maximum Gasteiger partial charge on any atom is 0.277 e. The Morgan fingerprint density at radius 1 is 1.40 bits per heavy atom. The van der Waals surface area contributed by atoms with E-state index in [4.69, 9.17) is 0 Å². The summed E-state index contributed by atoms with van der Waals surface area (Å²) in [6.07, 6.45) is 2.32. The van der Waals surface area contributed by atoms with Gasteiger partial charge >= 0.3 is 0 Å². The van der Waals surface area contributed by atoms with E-state index < -0.39 is 11.8 Å². The van der Waals surface area contributed by atoms with Crippen molar-refractivity contribution in [2.45, 2.75) is 0 Å². The molecule has 0 spiro atoms. The number of hydroxylamine groups is 2. The van der Waals surface area contributed by atoms with Gasteiger partial charge in [-0.25, -0.2) is 0 Å². The Balaban J connectivity index is 2.60. The molecule has 10 heavy (non-hydrogen) atoms. The fourth-order valence-corrected chi connectivity index (χ4v) is 0.767. The molecule has 1 rings (SSSR count). The van der Waals surface area contributed by atoms with Crippen LogP contribution in [0.4, 0.5) is 0 Å². The molecule has 5 heteroatoms. The van der Waals surface area contributed by atoms with Gasteiger partial charge in [-0.15, -0.1) is 5.06 Å². The molecule has 0 fully saturated rings. The average molecular weight is 206 g/mol. The van der Waals surface area contributed by atoms with Gasteiger partial charge in [0.1, 0.15) is 5.52 Å². The minimum absolute atomic E-state index is 0.131. The molecule has 0 aromatic carbocycles. The van der Waals surface area contributed by atoms with Crippen molar-refractivity contribution in [3.63, 3.8) is 0 Å². The number of amides is 2. The van der Waals surface area contributed by atoms with Gasteiger partial charge in [-0.3, -0.25) is 14.4 Å². The van der Waals surface area contributed by atoms with E-state index in [1.54, 1.807) is 0 Å². The standard InChI is InChI=1S/C5H4BrNO3/c6-3-10-7-4(8)1-2-5(7)9/h1-2H,3H2. The predicted molar refractivity (Wildman–Crippen MR) is 35.9 cm³/mol. The van der Waals surface area contributed by atoms with Crippen LogP contribution in [0.1, 0.15) is 0 Å². The molecule has 2 amide bonds. The number of halogens is 1. The van der Waals surface area contributed by atoms with E-state index in [0.717, 1.165) is 12.2 Å². The van der Waals surface area contributed by atoms with Gasteiger partial charge in [0.25, 0.3) is 11.8 Å². The summed E-state index contributed by atoms with van der Waals surface area (Å²) in [5.41, 5.74) is 0.131. The van der Waals surface area contributed by atoms with Crippen molar-refractivity contribution >= 4 is 27.7 Å². The number of carbonyl (C=O) groups excluding carboxylic acids is 2. The van der Waals surface area contributed by atoms with Crippen LogP contribution in [0.5, 0.6) is 0 Å². The molecule has 0 saturated heterocycles. The zero-order chi connectivity index (χ0) is 7.56. The Morgan fingerprint density at radius 3 is 2.30 bits per heavy atom. The highest BCUT2D eigenvalue weighted by Gasteiger charge is 2.23. The van der Waals surface area contributed by atoms with Gasteiger partial charge in [-0.2, -0.15) is 0 Å². The molecule has 0 saturated carbocycles. The average Bonchev–Trinajstić information content (AvgIpc) is 2.20. The zero-order valence-electron chi connectivity index (χ0n) is 4.91. The van der Waals surface area contributed by atoms with Crippen LogP contribution < -0.4 is 0 Å². The number of hydrogen-bond acceptors (Lipinski definition) is 3.